The second-order valence-electron chi connectivity index (χ2n) is 3.06. The fourth-order valence-electron chi connectivity index (χ4n) is 1.15. The van der Waals surface area contributed by atoms with Crippen molar-refractivity contribution in [2.45, 2.75) is 13.5 Å². The summed E-state index contributed by atoms with van der Waals surface area (Å²) in [7, 11) is 0. The topological polar surface area (TPSA) is 47.8 Å². The smallest absolute Gasteiger partial charge is 0.268 e. The lowest BCUT2D eigenvalue weighted by Gasteiger charge is -2.04. The van der Waals surface area contributed by atoms with Crippen LogP contribution in [0.4, 0.5) is 0 Å². The molecule has 0 fully saturated rings. The quantitative estimate of drug-likeness (QED) is 0.846. The van der Waals surface area contributed by atoms with E-state index in [-0.39, 0.29) is 5.56 Å². The molecule has 2 rings (SSSR count). The zero-order valence-electron chi connectivity index (χ0n) is 7.98. The first kappa shape index (κ1) is 10.5. The molecule has 0 spiro atoms. The van der Waals surface area contributed by atoms with Crippen molar-refractivity contribution in [2.24, 2.45) is 0 Å². The Morgan fingerprint density at radius 2 is 2.33 bits per heavy atom. The second kappa shape index (κ2) is 4.24. The summed E-state index contributed by atoms with van der Waals surface area (Å²) in [6, 6.07) is 0. The van der Waals surface area contributed by atoms with Crippen LogP contribution in [0.2, 0.25) is 0 Å². The molecule has 0 aliphatic heterocycles. The summed E-state index contributed by atoms with van der Waals surface area (Å²) in [5.74, 6) is 0. The number of nitrogens with zero attached hydrogens (tertiary/aromatic N) is 3. The van der Waals surface area contributed by atoms with Crippen LogP contribution in [0.15, 0.2) is 26.5 Å². The van der Waals surface area contributed by atoms with E-state index in [1.807, 2.05) is 5.38 Å². The van der Waals surface area contributed by atoms with E-state index in [0.29, 0.717) is 16.7 Å². The highest BCUT2D eigenvalue weighted by Crippen LogP contribution is 2.07. The van der Waals surface area contributed by atoms with Gasteiger partial charge < -0.3 is 0 Å². The predicted octanol–water partition coefficient (Wildman–Crippen LogP) is 1.82. The largest absolute Gasteiger partial charge is 0.292 e. The Balaban J connectivity index is 2.38. The van der Waals surface area contributed by atoms with E-state index in [1.165, 1.54) is 15.9 Å². The summed E-state index contributed by atoms with van der Waals surface area (Å²) in [5, 5.41) is 1.92. The zero-order valence-corrected chi connectivity index (χ0v) is 10.4. The van der Waals surface area contributed by atoms with Crippen LogP contribution in [-0.4, -0.2) is 14.5 Å². The molecule has 15 heavy (non-hydrogen) atoms. The van der Waals surface area contributed by atoms with Crippen molar-refractivity contribution in [3.05, 3.63) is 43.4 Å². The molecular weight excluding hydrogens is 278 g/mol. The first-order valence-corrected chi connectivity index (χ1v) is 6.00. The Kier molecular flexibility index (Phi) is 2.97. The summed E-state index contributed by atoms with van der Waals surface area (Å²) in [4.78, 5) is 20.0. The Morgan fingerprint density at radius 1 is 1.53 bits per heavy atom. The second-order valence-corrected chi connectivity index (χ2v) is 4.57. The van der Waals surface area contributed by atoms with Crippen molar-refractivity contribution in [1.82, 2.24) is 14.5 Å². The fourth-order valence-corrected chi connectivity index (χ4v) is 2.03. The molecule has 0 aromatic carbocycles. The maximum absolute atomic E-state index is 11.8. The van der Waals surface area contributed by atoms with Gasteiger partial charge in [0.1, 0.15) is 4.47 Å². The minimum atomic E-state index is -0.0736. The normalized spacial score (nSPS) is 10.5. The molecule has 2 aromatic rings. The van der Waals surface area contributed by atoms with Gasteiger partial charge in [-0.25, -0.2) is 9.97 Å². The van der Waals surface area contributed by atoms with Crippen molar-refractivity contribution in [1.29, 1.82) is 0 Å². The average Bonchev–Trinajstić information content (AvgIpc) is 2.72. The average molecular weight is 286 g/mol. The van der Waals surface area contributed by atoms with Gasteiger partial charge in [0.15, 0.2) is 0 Å². The lowest BCUT2D eigenvalue weighted by atomic mass is 10.4. The van der Waals surface area contributed by atoms with Crippen molar-refractivity contribution in [3.8, 4) is 0 Å². The van der Waals surface area contributed by atoms with Gasteiger partial charge in [0, 0.05) is 5.38 Å². The molecule has 78 valence electrons. The van der Waals surface area contributed by atoms with Crippen LogP contribution in [0.3, 0.4) is 0 Å². The van der Waals surface area contributed by atoms with Crippen LogP contribution in [0.5, 0.6) is 0 Å². The summed E-state index contributed by atoms with van der Waals surface area (Å²) >= 11 is 4.73. The van der Waals surface area contributed by atoms with E-state index in [9.17, 15) is 4.79 Å². The molecule has 4 nitrogen and oxygen atoms in total. The van der Waals surface area contributed by atoms with Gasteiger partial charge in [0.2, 0.25) is 0 Å². The third-order valence-corrected chi connectivity index (χ3v) is 3.52. The minimum absolute atomic E-state index is 0.0736. The minimum Gasteiger partial charge on any atom is -0.292 e. The molecule has 2 heterocycles. The maximum Gasteiger partial charge on any atom is 0.268 e. The van der Waals surface area contributed by atoms with Gasteiger partial charge in [0.25, 0.3) is 5.56 Å². The monoisotopic (exact) mass is 285 g/mol. The molecule has 0 N–H and O–H groups in total. The number of halogens is 1. The lowest BCUT2D eigenvalue weighted by molar-refractivity contribution is 0.712. The number of rotatable bonds is 2. The van der Waals surface area contributed by atoms with Gasteiger partial charge >= 0.3 is 0 Å². The molecule has 0 unspecified atom stereocenters. The summed E-state index contributed by atoms with van der Waals surface area (Å²) in [6.07, 6.45) is 1.54. The third kappa shape index (κ3) is 2.15. The van der Waals surface area contributed by atoms with Crippen LogP contribution < -0.4 is 5.56 Å². The number of hydrogen-bond donors (Lipinski definition) is 0. The van der Waals surface area contributed by atoms with Gasteiger partial charge in [0.05, 0.1) is 29.8 Å². The number of aromatic nitrogens is 3. The molecule has 0 bridgehead atoms. The van der Waals surface area contributed by atoms with Crippen LogP contribution in [0.25, 0.3) is 0 Å². The highest BCUT2D eigenvalue weighted by Gasteiger charge is 2.06. The summed E-state index contributed by atoms with van der Waals surface area (Å²) in [6.45, 7) is 2.26. The van der Waals surface area contributed by atoms with Gasteiger partial charge in [-0.2, -0.15) is 0 Å². The molecule has 0 aliphatic rings. The van der Waals surface area contributed by atoms with Gasteiger partial charge in [-0.1, -0.05) is 0 Å². The first-order chi connectivity index (χ1) is 7.18. The van der Waals surface area contributed by atoms with Crippen LogP contribution in [-0.2, 0) is 6.54 Å². The highest BCUT2D eigenvalue weighted by atomic mass is 79.9. The summed E-state index contributed by atoms with van der Waals surface area (Å²) < 4.78 is 2.05. The molecule has 0 aliphatic carbocycles. The van der Waals surface area contributed by atoms with Crippen LogP contribution in [0, 0.1) is 6.92 Å². The third-order valence-electron chi connectivity index (χ3n) is 1.97. The number of hydrogen-bond acceptors (Lipinski definition) is 4. The van der Waals surface area contributed by atoms with Crippen molar-refractivity contribution in [3.63, 3.8) is 0 Å². The van der Waals surface area contributed by atoms with Crippen molar-refractivity contribution >= 4 is 27.3 Å². The van der Waals surface area contributed by atoms with Crippen molar-refractivity contribution < 1.29 is 0 Å². The van der Waals surface area contributed by atoms with E-state index in [2.05, 4.69) is 25.9 Å². The van der Waals surface area contributed by atoms with Crippen LogP contribution in [0.1, 0.15) is 11.4 Å². The standard InChI is InChI=1S/C9H8BrN3OS/c1-6-8(10)9(14)13(4-11-6)2-7-3-15-5-12-7/h3-5H,2H2,1H3. The van der Waals surface area contributed by atoms with E-state index in [4.69, 9.17) is 0 Å². The fraction of sp³-hybridized carbons (Fsp3) is 0.222. The summed E-state index contributed by atoms with van der Waals surface area (Å²) in [5.41, 5.74) is 3.25. The van der Waals surface area contributed by atoms with Crippen molar-refractivity contribution in [2.75, 3.05) is 0 Å². The van der Waals surface area contributed by atoms with Crippen LogP contribution >= 0.6 is 27.3 Å². The molecule has 0 saturated carbocycles. The first-order valence-electron chi connectivity index (χ1n) is 4.27. The van der Waals surface area contributed by atoms with Gasteiger partial charge in [-0.3, -0.25) is 9.36 Å². The number of aryl methyl sites for hydroxylation is 1. The molecule has 0 amide bonds. The number of thiazole rings is 1. The van der Waals surface area contributed by atoms with E-state index >= 15 is 0 Å². The Morgan fingerprint density at radius 3 is 3.00 bits per heavy atom. The zero-order chi connectivity index (χ0) is 10.8. The molecule has 0 atom stereocenters. The van der Waals surface area contributed by atoms with E-state index in [1.54, 1.807) is 18.8 Å². The Bertz CT molecular complexity index is 521. The molecule has 0 saturated heterocycles. The van der Waals surface area contributed by atoms with Gasteiger partial charge in [-0.05, 0) is 22.9 Å². The molecule has 2 aromatic heterocycles. The SMILES string of the molecule is Cc1ncn(Cc2cscn2)c(=O)c1Br. The molecule has 0 radical (unpaired) electrons. The van der Waals surface area contributed by atoms with E-state index in [0.717, 1.165) is 5.69 Å². The predicted molar refractivity (Wildman–Crippen MR) is 62.2 cm³/mol. The highest BCUT2D eigenvalue weighted by molar-refractivity contribution is 9.10. The Labute approximate surface area is 98.8 Å². The van der Waals surface area contributed by atoms with E-state index < -0.39 is 0 Å². The molecular formula is C9H8BrN3OS. The Hall–Kier alpha value is -1.01. The van der Waals surface area contributed by atoms with Gasteiger partial charge in [-0.15, -0.1) is 11.3 Å². The molecule has 6 heteroatoms. The lowest BCUT2D eigenvalue weighted by Crippen LogP contribution is -2.22. The maximum atomic E-state index is 11.8.